The first-order valence-corrected chi connectivity index (χ1v) is 6.25. The van der Waals surface area contributed by atoms with Crippen molar-refractivity contribution in [1.82, 2.24) is 10.2 Å². The van der Waals surface area contributed by atoms with E-state index in [0.717, 1.165) is 18.8 Å². The molecule has 16 heavy (non-hydrogen) atoms. The highest BCUT2D eigenvalue weighted by atomic mass is 16.3. The summed E-state index contributed by atoms with van der Waals surface area (Å²) in [6.07, 6.45) is 2.95. The zero-order valence-electron chi connectivity index (χ0n) is 10.4. The van der Waals surface area contributed by atoms with Crippen molar-refractivity contribution >= 4 is 0 Å². The maximum Gasteiger partial charge on any atom is 0.120 e. The number of nitrogens with zero attached hydrogens (tertiary/aromatic N) is 1. The zero-order chi connectivity index (χ0) is 11.5. The number of hydrogen-bond donors (Lipinski definition) is 1. The maximum atomic E-state index is 5.50. The summed E-state index contributed by atoms with van der Waals surface area (Å²) >= 11 is 0. The molecule has 1 aromatic heterocycles. The quantitative estimate of drug-likeness (QED) is 0.851. The fourth-order valence-electron chi connectivity index (χ4n) is 2.46. The molecular weight excluding hydrogens is 200 g/mol. The summed E-state index contributed by atoms with van der Waals surface area (Å²) in [5.41, 5.74) is 0. The monoisotopic (exact) mass is 222 g/mol. The van der Waals surface area contributed by atoms with Crippen molar-refractivity contribution in [2.75, 3.05) is 13.1 Å². The molecule has 0 aromatic carbocycles. The molecule has 3 nitrogen and oxygen atoms in total. The van der Waals surface area contributed by atoms with Gasteiger partial charge in [0.2, 0.25) is 0 Å². The van der Waals surface area contributed by atoms with Gasteiger partial charge in [0, 0.05) is 25.2 Å². The fraction of sp³-hybridized carbons (Fsp3) is 0.692. The molecule has 3 heteroatoms. The van der Waals surface area contributed by atoms with Gasteiger partial charge in [-0.15, -0.1) is 0 Å². The lowest BCUT2D eigenvalue weighted by atomic mass is 10.0. The first kappa shape index (κ1) is 11.7. The SMILES string of the molecule is CCC1CN(C(C)c2ccco2)C(C)CN1. The number of furan rings is 1. The Morgan fingerprint density at radius 1 is 1.62 bits per heavy atom. The van der Waals surface area contributed by atoms with Crippen molar-refractivity contribution in [3.63, 3.8) is 0 Å². The van der Waals surface area contributed by atoms with E-state index in [4.69, 9.17) is 4.42 Å². The molecule has 3 unspecified atom stereocenters. The number of hydrogen-bond acceptors (Lipinski definition) is 3. The van der Waals surface area contributed by atoms with Gasteiger partial charge in [-0.25, -0.2) is 0 Å². The summed E-state index contributed by atoms with van der Waals surface area (Å²) in [5, 5.41) is 3.58. The molecule has 90 valence electrons. The minimum absolute atomic E-state index is 0.376. The van der Waals surface area contributed by atoms with Crippen LogP contribution in [0.2, 0.25) is 0 Å². The molecule has 2 rings (SSSR count). The van der Waals surface area contributed by atoms with E-state index < -0.39 is 0 Å². The van der Waals surface area contributed by atoms with Crippen LogP contribution in [0.15, 0.2) is 22.8 Å². The van der Waals surface area contributed by atoms with Crippen LogP contribution in [-0.2, 0) is 0 Å². The largest absolute Gasteiger partial charge is 0.468 e. The van der Waals surface area contributed by atoms with Gasteiger partial charge in [-0.2, -0.15) is 0 Å². The Kier molecular flexibility index (Phi) is 3.66. The Bertz CT molecular complexity index is 310. The third kappa shape index (κ3) is 2.30. The van der Waals surface area contributed by atoms with Crippen LogP contribution in [0.25, 0.3) is 0 Å². The molecular formula is C13H22N2O. The van der Waals surface area contributed by atoms with Crippen molar-refractivity contribution in [2.45, 2.75) is 45.3 Å². The van der Waals surface area contributed by atoms with Crippen LogP contribution < -0.4 is 5.32 Å². The summed E-state index contributed by atoms with van der Waals surface area (Å²) < 4.78 is 5.50. The number of rotatable bonds is 3. The Labute approximate surface area is 97.8 Å². The van der Waals surface area contributed by atoms with Gasteiger partial charge in [0.05, 0.1) is 12.3 Å². The molecule has 1 saturated heterocycles. The zero-order valence-corrected chi connectivity index (χ0v) is 10.4. The van der Waals surface area contributed by atoms with Gasteiger partial charge in [-0.1, -0.05) is 6.92 Å². The van der Waals surface area contributed by atoms with E-state index in [1.54, 1.807) is 6.26 Å². The van der Waals surface area contributed by atoms with Crippen molar-refractivity contribution in [1.29, 1.82) is 0 Å². The highest BCUT2D eigenvalue weighted by molar-refractivity contribution is 5.05. The second kappa shape index (κ2) is 5.02. The third-order valence-electron chi connectivity index (χ3n) is 3.64. The number of piperazine rings is 1. The fourth-order valence-corrected chi connectivity index (χ4v) is 2.46. The smallest absolute Gasteiger partial charge is 0.120 e. The molecule has 0 amide bonds. The normalized spacial score (nSPS) is 29.2. The molecule has 1 aliphatic heterocycles. The van der Waals surface area contributed by atoms with Gasteiger partial charge in [-0.05, 0) is 32.4 Å². The van der Waals surface area contributed by atoms with Crippen LogP contribution in [0, 0.1) is 0 Å². The van der Waals surface area contributed by atoms with E-state index in [9.17, 15) is 0 Å². The summed E-state index contributed by atoms with van der Waals surface area (Å²) in [6.45, 7) is 8.93. The van der Waals surface area contributed by atoms with Crippen molar-refractivity contribution in [3.8, 4) is 0 Å². The molecule has 0 spiro atoms. The highest BCUT2D eigenvalue weighted by Crippen LogP contribution is 2.25. The lowest BCUT2D eigenvalue weighted by Crippen LogP contribution is -2.55. The predicted octanol–water partition coefficient (Wildman–Crippen LogP) is 2.41. The Balaban J connectivity index is 2.06. The Morgan fingerprint density at radius 2 is 2.44 bits per heavy atom. The van der Waals surface area contributed by atoms with Crippen LogP contribution in [0.4, 0.5) is 0 Å². The average Bonchev–Trinajstić information content (AvgIpc) is 2.82. The van der Waals surface area contributed by atoms with Crippen molar-refractivity contribution in [3.05, 3.63) is 24.2 Å². The minimum atomic E-state index is 0.376. The molecule has 0 bridgehead atoms. The topological polar surface area (TPSA) is 28.4 Å². The third-order valence-corrected chi connectivity index (χ3v) is 3.64. The summed E-state index contributed by atoms with van der Waals surface area (Å²) in [5.74, 6) is 1.07. The van der Waals surface area contributed by atoms with E-state index >= 15 is 0 Å². The lowest BCUT2D eigenvalue weighted by Gasteiger charge is -2.41. The minimum Gasteiger partial charge on any atom is -0.468 e. The van der Waals surface area contributed by atoms with E-state index in [0.29, 0.717) is 18.1 Å². The Morgan fingerprint density at radius 3 is 3.06 bits per heavy atom. The summed E-state index contributed by atoms with van der Waals surface area (Å²) in [6, 6.07) is 5.61. The van der Waals surface area contributed by atoms with Gasteiger partial charge < -0.3 is 9.73 Å². The first-order chi connectivity index (χ1) is 7.72. The van der Waals surface area contributed by atoms with E-state index in [-0.39, 0.29) is 0 Å². The molecule has 2 heterocycles. The molecule has 0 radical (unpaired) electrons. The predicted molar refractivity (Wildman–Crippen MR) is 65.4 cm³/mol. The van der Waals surface area contributed by atoms with E-state index in [1.807, 2.05) is 6.07 Å². The molecule has 1 aliphatic rings. The van der Waals surface area contributed by atoms with Crippen LogP contribution >= 0.6 is 0 Å². The van der Waals surface area contributed by atoms with E-state index in [2.05, 4.69) is 37.1 Å². The van der Waals surface area contributed by atoms with E-state index in [1.165, 1.54) is 6.42 Å². The van der Waals surface area contributed by atoms with Crippen molar-refractivity contribution < 1.29 is 4.42 Å². The summed E-state index contributed by atoms with van der Waals surface area (Å²) in [7, 11) is 0. The second-order valence-corrected chi connectivity index (χ2v) is 4.75. The lowest BCUT2D eigenvalue weighted by molar-refractivity contribution is 0.0866. The van der Waals surface area contributed by atoms with Crippen LogP contribution in [0.5, 0.6) is 0 Å². The van der Waals surface area contributed by atoms with Gasteiger partial charge in [0.25, 0.3) is 0 Å². The standard InChI is InChI=1S/C13H22N2O/c1-4-12-9-15(10(2)8-14-12)11(3)13-6-5-7-16-13/h5-7,10-12,14H,4,8-9H2,1-3H3. The number of nitrogens with one attached hydrogen (secondary N) is 1. The molecule has 3 atom stereocenters. The average molecular weight is 222 g/mol. The Hall–Kier alpha value is -0.800. The molecule has 1 aromatic rings. The van der Waals surface area contributed by atoms with Crippen LogP contribution in [-0.4, -0.2) is 30.1 Å². The first-order valence-electron chi connectivity index (χ1n) is 6.25. The molecule has 1 fully saturated rings. The molecule has 0 aliphatic carbocycles. The van der Waals surface area contributed by atoms with Gasteiger partial charge in [0.15, 0.2) is 0 Å². The van der Waals surface area contributed by atoms with Crippen LogP contribution in [0.3, 0.4) is 0 Å². The van der Waals surface area contributed by atoms with Gasteiger partial charge in [-0.3, -0.25) is 4.90 Å². The van der Waals surface area contributed by atoms with Gasteiger partial charge in [0.1, 0.15) is 5.76 Å². The molecule has 1 N–H and O–H groups in total. The maximum absolute atomic E-state index is 5.50. The summed E-state index contributed by atoms with van der Waals surface area (Å²) in [4.78, 5) is 2.53. The highest BCUT2D eigenvalue weighted by Gasteiger charge is 2.29. The second-order valence-electron chi connectivity index (χ2n) is 4.75. The van der Waals surface area contributed by atoms with Crippen LogP contribution in [0.1, 0.15) is 39.0 Å². The molecule has 0 saturated carbocycles. The van der Waals surface area contributed by atoms with Crippen molar-refractivity contribution in [2.24, 2.45) is 0 Å². The van der Waals surface area contributed by atoms with Gasteiger partial charge >= 0.3 is 0 Å².